The Hall–Kier alpha value is -1.84. The molecule has 164 valence electrons. The summed E-state index contributed by atoms with van der Waals surface area (Å²) < 4.78 is 0. The molecule has 2 aliphatic rings. The number of nitrogens with one attached hydrogen (secondary N) is 1. The van der Waals surface area contributed by atoms with E-state index in [9.17, 15) is 0 Å². The van der Waals surface area contributed by atoms with Crippen LogP contribution < -0.4 is 11.1 Å². The molecule has 0 radical (unpaired) electrons. The van der Waals surface area contributed by atoms with Crippen LogP contribution in [0.2, 0.25) is 0 Å². The maximum atomic E-state index is 6.31. The number of hydrogen-bond acceptors (Lipinski definition) is 3. The lowest BCUT2D eigenvalue weighted by molar-refractivity contribution is 0.135. The normalized spacial score (nSPS) is 21.0. The molecule has 0 bridgehead atoms. The van der Waals surface area contributed by atoms with E-state index >= 15 is 0 Å². The van der Waals surface area contributed by atoms with Gasteiger partial charge in [0.2, 0.25) is 0 Å². The molecule has 0 amide bonds. The molecule has 1 aromatic rings. The zero-order chi connectivity index (χ0) is 21.7. The van der Waals surface area contributed by atoms with Crippen molar-refractivity contribution in [3.8, 4) is 0 Å². The van der Waals surface area contributed by atoms with Gasteiger partial charge in [-0.15, -0.1) is 0 Å². The molecule has 2 fully saturated rings. The molecule has 3 N–H and O–H groups in total. The molecule has 1 atom stereocenters. The first-order chi connectivity index (χ1) is 14.3. The molecular weight excluding hydrogens is 366 g/mol. The predicted octanol–water partition coefficient (Wildman–Crippen LogP) is 5.64. The summed E-state index contributed by atoms with van der Waals surface area (Å²) in [6.45, 7) is 20.1. The van der Waals surface area contributed by atoms with E-state index in [1.54, 1.807) is 0 Å². The van der Waals surface area contributed by atoms with Gasteiger partial charge in [-0.05, 0) is 62.2 Å². The molecule has 0 aromatic heterocycles. The average molecular weight is 408 g/mol. The zero-order valence-electron chi connectivity index (χ0n) is 19.2. The van der Waals surface area contributed by atoms with Crippen molar-refractivity contribution in [1.29, 1.82) is 0 Å². The highest BCUT2D eigenvalue weighted by Crippen LogP contribution is 2.39. The monoisotopic (exact) mass is 407 g/mol. The van der Waals surface area contributed by atoms with E-state index in [0.29, 0.717) is 6.04 Å². The molecule has 1 heterocycles. The maximum Gasteiger partial charge on any atom is 0.0467 e. The summed E-state index contributed by atoms with van der Waals surface area (Å²) in [4.78, 5) is 2.55. The summed E-state index contributed by atoms with van der Waals surface area (Å²) >= 11 is 0. The average Bonchev–Trinajstić information content (AvgIpc) is 2.75. The van der Waals surface area contributed by atoms with Gasteiger partial charge in [0.25, 0.3) is 0 Å². The Labute approximate surface area is 184 Å². The van der Waals surface area contributed by atoms with E-state index in [1.165, 1.54) is 43.2 Å². The number of rotatable bonds is 8. The van der Waals surface area contributed by atoms with Gasteiger partial charge in [0, 0.05) is 24.3 Å². The minimum absolute atomic E-state index is 0.0931. The molecule has 1 saturated carbocycles. The summed E-state index contributed by atoms with van der Waals surface area (Å²) in [7, 11) is 0. The Kier molecular flexibility index (Phi) is 7.60. The van der Waals surface area contributed by atoms with E-state index in [1.807, 2.05) is 6.92 Å². The molecule has 1 aliphatic heterocycles. The standard InChI is InChI=1S/C27H41N3/c1-20(2)26(28)21(3)27(5)15-17-30(18-16-27)19-23-11-13-24(14-12-23)22(4)29-25-9-7-6-8-10-25/h11-14,25-26,29H,1,3-4,6-10,15-19,28H2,2,5H3. The van der Waals surface area contributed by atoms with Gasteiger partial charge in [-0.2, -0.15) is 0 Å². The van der Waals surface area contributed by atoms with Crippen LogP contribution in [0.25, 0.3) is 5.70 Å². The van der Waals surface area contributed by atoms with Crippen molar-refractivity contribution in [2.45, 2.75) is 77.4 Å². The fraction of sp³-hybridized carbons (Fsp3) is 0.556. The first-order valence-electron chi connectivity index (χ1n) is 11.7. The van der Waals surface area contributed by atoms with E-state index in [2.05, 4.69) is 61.1 Å². The Balaban J connectivity index is 1.50. The number of nitrogens with two attached hydrogens (primary N) is 1. The van der Waals surface area contributed by atoms with Gasteiger partial charge in [-0.25, -0.2) is 0 Å². The third kappa shape index (κ3) is 5.65. The fourth-order valence-corrected chi connectivity index (χ4v) is 4.84. The second kappa shape index (κ2) is 9.98. The first-order valence-corrected chi connectivity index (χ1v) is 11.7. The number of nitrogens with zero attached hydrogens (tertiary/aromatic N) is 1. The van der Waals surface area contributed by atoms with Gasteiger partial charge in [-0.3, -0.25) is 4.90 Å². The molecule has 1 aromatic carbocycles. The zero-order valence-corrected chi connectivity index (χ0v) is 19.2. The van der Waals surface area contributed by atoms with Crippen molar-refractivity contribution in [2.75, 3.05) is 13.1 Å². The molecule has 1 saturated heterocycles. The number of benzene rings is 1. The molecule has 1 aliphatic carbocycles. The van der Waals surface area contributed by atoms with Crippen LogP contribution in [0.15, 0.2) is 55.1 Å². The molecule has 3 nitrogen and oxygen atoms in total. The Morgan fingerprint density at radius 1 is 1.10 bits per heavy atom. The minimum Gasteiger partial charge on any atom is -0.382 e. The van der Waals surface area contributed by atoms with Gasteiger partial charge < -0.3 is 11.1 Å². The number of piperidine rings is 1. The largest absolute Gasteiger partial charge is 0.382 e. The van der Waals surface area contributed by atoms with Crippen LogP contribution >= 0.6 is 0 Å². The predicted molar refractivity (Wildman–Crippen MR) is 130 cm³/mol. The highest BCUT2D eigenvalue weighted by Gasteiger charge is 2.34. The van der Waals surface area contributed by atoms with E-state index < -0.39 is 0 Å². The maximum absolute atomic E-state index is 6.31. The van der Waals surface area contributed by atoms with Crippen molar-refractivity contribution in [3.05, 3.63) is 66.3 Å². The Morgan fingerprint density at radius 2 is 1.70 bits per heavy atom. The van der Waals surface area contributed by atoms with Crippen molar-refractivity contribution in [3.63, 3.8) is 0 Å². The second-order valence-electron chi connectivity index (χ2n) is 9.84. The molecule has 30 heavy (non-hydrogen) atoms. The lowest BCUT2D eigenvalue weighted by Gasteiger charge is -2.42. The minimum atomic E-state index is -0.0931. The second-order valence-corrected chi connectivity index (χ2v) is 9.84. The molecule has 0 spiro atoms. The summed E-state index contributed by atoms with van der Waals surface area (Å²) in [5.74, 6) is 0. The summed E-state index contributed by atoms with van der Waals surface area (Å²) in [5.41, 5.74) is 12.2. The lowest BCUT2D eigenvalue weighted by Crippen LogP contribution is -2.42. The number of likely N-dealkylation sites (tertiary alicyclic amines) is 1. The van der Waals surface area contributed by atoms with Crippen LogP contribution in [0.3, 0.4) is 0 Å². The van der Waals surface area contributed by atoms with Gasteiger partial charge >= 0.3 is 0 Å². The van der Waals surface area contributed by atoms with Crippen LogP contribution in [-0.2, 0) is 6.54 Å². The van der Waals surface area contributed by atoms with Crippen molar-refractivity contribution >= 4 is 5.70 Å². The van der Waals surface area contributed by atoms with Crippen LogP contribution in [0.5, 0.6) is 0 Å². The highest BCUT2D eigenvalue weighted by atomic mass is 15.1. The highest BCUT2D eigenvalue weighted by molar-refractivity contribution is 5.62. The third-order valence-corrected chi connectivity index (χ3v) is 7.33. The Morgan fingerprint density at radius 3 is 2.27 bits per heavy atom. The van der Waals surface area contributed by atoms with Gasteiger partial charge in [0.1, 0.15) is 0 Å². The van der Waals surface area contributed by atoms with Crippen molar-refractivity contribution in [2.24, 2.45) is 11.1 Å². The first kappa shape index (κ1) is 22.8. The Bertz CT molecular complexity index is 747. The molecule has 3 heteroatoms. The van der Waals surface area contributed by atoms with E-state index in [0.717, 1.165) is 49.3 Å². The quantitative estimate of drug-likeness (QED) is 0.548. The van der Waals surface area contributed by atoms with Gasteiger partial charge in [-0.1, -0.05) is 81.3 Å². The lowest BCUT2D eigenvalue weighted by atomic mass is 9.71. The summed E-state index contributed by atoms with van der Waals surface area (Å²) in [6.07, 6.45) is 8.81. The van der Waals surface area contributed by atoms with Crippen molar-refractivity contribution in [1.82, 2.24) is 10.2 Å². The summed E-state index contributed by atoms with van der Waals surface area (Å²) in [6, 6.07) is 9.45. The van der Waals surface area contributed by atoms with Crippen LogP contribution in [0.4, 0.5) is 0 Å². The third-order valence-electron chi connectivity index (χ3n) is 7.33. The van der Waals surface area contributed by atoms with Crippen LogP contribution in [0, 0.1) is 5.41 Å². The molecular formula is C27H41N3. The fourth-order valence-electron chi connectivity index (χ4n) is 4.84. The van der Waals surface area contributed by atoms with E-state index in [-0.39, 0.29) is 11.5 Å². The number of hydrogen-bond donors (Lipinski definition) is 2. The van der Waals surface area contributed by atoms with Crippen LogP contribution in [-0.4, -0.2) is 30.1 Å². The van der Waals surface area contributed by atoms with Crippen LogP contribution in [0.1, 0.15) is 69.9 Å². The summed E-state index contributed by atoms with van der Waals surface area (Å²) in [5, 5.41) is 3.64. The molecule has 1 unspecified atom stereocenters. The van der Waals surface area contributed by atoms with Gasteiger partial charge in [0.05, 0.1) is 0 Å². The smallest absolute Gasteiger partial charge is 0.0467 e. The van der Waals surface area contributed by atoms with Crippen molar-refractivity contribution < 1.29 is 0 Å². The van der Waals surface area contributed by atoms with E-state index in [4.69, 9.17) is 5.73 Å². The van der Waals surface area contributed by atoms with Gasteiger partial charge in [0.15, 0.2) is 0 Å². The molecule has 3 rings (SSSR count). The topological polar surface area (TPSA) is 41.3 Å². The SMILES string of the molecule is C=C(NC1CCCCC1)c1ccc(CN2CCC(C)(C(=C)C(N)C(=C)C)CC2)cc1.